The minimum Gasteiger partial charge on any atom is -0.462 e. The van der Waals surface area contributed by atoms with E-state index >= 15 is 0 Å². The second kappa shape index (κ2) is 17.0. The molecule has 3 heteroatoms. The topological polar surface area (TPSA) is 43.4 Å². The summed E-state index contributed by atoms with van der Waals surface area (Å²) in [7, 11) is 0. The van der Waals surface area contributed by atoms with Gasteiger partial charge in [-0.3, -0.25) is 9.59 Å². The number of carbonyl (C=O) groups excluding carboxylic acids is 2. The summed E-state index contributed by atoms with van der Waals surface area (Å²) in [6, 6.07) is 0. The van der Waals surface area contributed by atoms with E-state index in [1.165, 1.54) is 57.8 Å². The number of carbonyl (C=O) groups is 2. The van der Waals surface area contributed by atoms with E-state index in [0.29, 0.717) is 19.3 Å². The zero-order valence-electron chi connectivity index (χ0n) is 16.4. The van der Waals surface area contributed by atoms with Crippen molar-refractivity contribution in [2.24, 2.45) is 0 Å². The molecule has 0 saturated carbocycles. The quantitative estimate of drug-likeness (QED) is 0.228. The summed E-state index contributed by atoms with van der Waals surface area (Å²) in [5, 5.41) is 0. The van der Waals surface area contributed by atoms with Crippen LogP contribution < -0.4 is 0 Å². The molecule has 0 aromatic rings. The molecule has 0 aliphatic heterocycles. The van der Waals surface area contributed by atoms with Crippen LogP contribution >= 0.6 is 0 Å². The van der Waals surface area contributed by atoms with Crippen molar-refractivity contribution < 1.29 is 14.3 Å². The summed E-state index contributed by atoms with van der Waals surface area (Å²) >= 11 is 0. The molecule has 0 radical (unpaired) electrons. The third-order valence-electron chi connectivity index (χ3n) is 4.36. The Balaban J connectivity index is 3.38. The van der Waals surface area contributed by atoms with Crippen molar-refractivity contribution in [3.63, 3.8) is 0 Å². The fraction of sp³-hybridized carbons (Fsp3) is 0.905. The van der Waals surface area contributed by atoms with Gasteiger partial charge in [0.25, 0.3) is 0 Å². The molecule has 0 amide bonds. The Hall–Kier alpha value is -0.860. The molecule has 0 aliphatic rings. The standard InChI is InChI=1S/C21H40O3/c1-4-6-7-8-9-10-11-12-13-14-15-17-20(22)18-19(3)24-21(23)16-5-2/h19H,4-18H2,1-3H3. The highest BCUT2D eigenvalue weighted by Gasteiger charge is 2.13. The van der Waals surface area contributed by atoms with Crippen LogP contribution in [0.3, 0.4) is 0 Å². The average molecular weight is 341 g/mol. The average Bonchev–Trinajstić information content (AvgIpc) is 2.52. The van der Waals surface area contributed by atoms with Crippen LogP contribution in [0.25, 0.3) is 0 Å². The van der Waals surface area contributed by atoms with E-state index in [1.807, 2.05) is 13.8 Å². The fourth-order valence-corrected chi connectivity index (χ4v) is 2.94. The minimum atomic E-state index is -0.274. The minimum absolute atomic E-state index is 0.188. The molecule has 3 nitrogen and oxygen atoms in total. The van der Waals surface area contributed by atoms with Gasteiger partial charge >= 0.3 is 5.97 Å². The van der Waals surface area contributed by atoms with Gasteiger partial charge in [0.15, 0.2) is 0 Å². The Morgan fingerprint density at radius 2 is 1.21 bits per heavy atom. The van der Waals surface area contributed by atoms with Gasteiger partial charge in [0.2, 0.25) is 0 Å². The molecular formula is C21H40O3. The number of hydrogen-bond donors (Lipinski definition) is 0. The third kappa shape index (κ3) is 16.0. The largest absolute Gasteiger partial charge is 0.462 e. The Morgan fingerprint density at radius 3 is 1.71 bits per heavy atom. The van der Waals surface area contributed by atoms with E-state index < -0.39 is 0 Å². The summed E-state index contributed by atoms with van der Waals surface area (Å²) in [5.74, 6) is 0.0372. The SMILES string of the molecule is CCCCCCCCCCCCCC(=O)CC(C)OC(=O)CCC. The smallest absolute Gasteiger partial charge is 0.306 e. The van der Waals surface area contributed by atoms with Gasteiger partial charge in [0.1, 0.15) is 11.9 Å². The Labute approximate surface area is 149 Å². The van der Waals surface area contributed by atoms with Crippen molar-refractivity contribution in [1.82, 2.24) is 0 Å². The first-order valence-corrected chi connectivity index (χ1v) is 10.3. The lowest BCUT2D eigenvalue weighted by atomic mass is 10.0. The number of ether oxygens (including phenoxy) is 1. The first-order chi connectivity index (χ1) is 11.6. The summed E-state index contributed by atoms with van der Waals surface area (Å²) in [4.78, 5) is 23.2. The van der Waals surface area contributed by atoms with Crippen molar-refractivity contribution in [2.75, 3.05) is 0 Å². The molecule has 0 aromatic carbocycles. The number of hydrogen-bond acceptors (Lipinski definition) is 3. The maximum Gasteiger partial charge on any atom is 0.306 e. The second-order valence-electron chi connectivity index (χ2n) is 7.08. The van der Waals surface area contributed by atoms with Gasteiger partial charge in [-0.1, -0.05) is 78.1 Å². The van der Waals surface area contributed by atoms with Gasteiger partial charge in [-0.25, -0.2) is 0 Å². The van der Waals surface area contributed by atoms with E-state index in [1.54, 1.807) is 0 Å². The lowest BCUT2D eigenvalue weighted by Gasteiger charge is -2.12. The van der Waals surface area contributed by atoms with E-state index in [-0.39, 0.29) is 17.9 Å². The highest BCUT2D eigenvalue weighted by Crippen LogP contribution is 2.13. The normalized spacial score (nSPS) is 12.1. The first-order valence-electron chi connectivity index (χ1n) is 10.3. The van der Waals surface area contributed by atoms with E-state index in [2.05, 4.69) is 6.92 Å². The van der Waals surface area contributed by atoms with Crippen LogP contribution in [0.5, 0.6) is 0 Å². The summed E-state index contributed by atoms with van der Waals surface area (Å²) in [6.07, 6.45) is 16.2. The molecule has 0 spiro atoms. The number of Topliss-reactive ketones (excluding diaryl/α,β-unsaturated/α-hetero) is 1. The van der Waals surface area contributed by atoms with Crippen LogP contribution in [0.4, 0.5) is 0 Å². The van der Waals surface area contributed by atoms with Crippen molar-refractivity contribution in [2.45, 2.75) is 123 Å². The maximum absolute atomic E-state index is 11.9. The molecule has 0 fully saturated rings. The summed E-state index contributed by atoms with van der Waals surface area (Å²) < 4.78 is 5.21. The van der Waals surface area contributed by atoms with Crippen LogP contribution in [0, 0.1) is 0 Å². The molecule has 0 saturated heterocycles. The molecule has 0 N–H and O–H groups in total. The van der Waals surface area contributed by atoms with E-state index in [9.17, 15) is 9.59 Å². The van der Waals surface area contributed by atoms with Crippen molar-refractivity contribution >= 4 is 11.8 Å². The van der Waals surface area contributed by atoms with Crippen LogP contribution in [0.1, 0.15) is 117 Å². The lowest BCUT2D eigenvalue weighted by molar-refractivity contribution is -0.149. The lowest BCUT2D eigenvalue weighted by Crippen LogP contribution is -2.18. The molecule has 24 heavy (non-hydrogen) atoms. The first kappa shape index (κ1) is 23.1. The van der Waals surface area contributed by atoms with Crippen molar-refractivity contribution in [3.05, 3.63) is 0 Å². The second-order valence-corrected chi connectivity index (χ2v) is 7.08. The van der Waals surface area contributed by atoms with E-state index in [0.717, 1.165) is 19.3 Å². The Bertz CT molecular complexity index is 312. The Kier molecular flexibility index (Phi) is 16.4. The molecular weight excluding hydrogens is 300 g/mol. The summed E-state index contributed by atoms with van der Waals surface area (Å²) in [5.41, 5.74) is 0. The number of esters is 1. The van der Waals surface area contributed by atoms with Crippen LogP contribution in [-0.2, 0) is 14.3 Å². The number of unbranched alkanes of at least 4 members (excludes halogenated alkanes) is 10. The fourth-order valence-electron chi connectivity index (χ4n) is 2.94. The number of rotatable bonds is 17. The maximum atomic E-state index is 11.9. The van der Waals surface area contributed by atoms with Crippen LogP contribution in [-0.4, -0.2) is 17.9 Å². The Morgan fingerprint density at radius 1 is 0.708 bits per heavy atom. The zero-order chi connectivity index (χ0) is 18.0. The third-order valence-corrected chi connectivity index (χ3v) is 4.36. The van der Waals surface area contributed by atoms with Crippen molar-refractivity contribution in [1.29, 1.82) is 0 Å². The highest BCUT2D eigenvalue weighted by atomic mass is 16.5. The van der Waals surface area contributed by atoms with Crippen LogP contribution in [0.2, 0.25) is 0 Å². The van der Waals surface area contributed by atoms with Gasteiger partial charge in [0.05, 0.1) is 0 Å². The van der Waals surface area contributed by atoms with Gasteiger partial charge < -0.3 is 4.74 Å². The molecule has 142 valence electrons. The van der Waals surface area contributed by atoms with Gasteiger partial charge in [0, 0.05) is 19.3 Å². The molecule has 0 aromatic heterocycles. The molecule has 1 atom stereocenters. The molecule has 1 unspecified atom stereocenters. The monoisotopic (exact) mass is 340 g/mol. The predicted molar refractivity (Wildman–Crippen MR) is 101 cm³/mol. The molecule has 0 bridgehead atoms. The van der Waals surface area contributed by atoms with Crippen LogP contribution in [0.15, 0.2) is 0 Å². The van der Waals surface area contributed by atoms with Gasteiger partial charge in [-0.2, -0.15) is 0 Å². The zero-order valence-corrected chi connectivity index (χ0v) is 16.4. The molecule has 0 rings (SSSR count). The predicted octanol–water partition coefficient (Wildman–Crippen LogP) is 6.38. The van der Waals surface area contributed by atoms with Gasteiger partial charge in [-0.15, -0.1) is 0 Å². The highest BCUT2D eigenvalue weighted by molar-refractivity contribution is 5.79. The van der Waals surface area contributed by atoms with Gasteiger partial charge in [-0.05, 0) is 19.8 Å². The van der Waals surface area contributed by atoms with Crippen molar-refractivity contribution in [3.8, 4) is 0 Å². The summed E-state index contributed by atoms with van der Waals surface area (Å²) in [6.45, 7) is 6.01. The molecule has 0 aliphatic carbocycles. The van der Waals surface area contributed by atoms with E-state index in [4.69, 9.17) is 4.74 Å². The number of ketones is 1. The molecule has 0 heterocycles.